The summed E-state index contributed by atoms with van der Waals surface area (Å²) < 4.78 is 23.3. The highest BCUT2D eigenvalue weighted by Crippen LogP contribution is 2.33. The third-order valence-electron chi connectivity index (χ3n) is 3.69. The Morgan fingerprint density at radius 3 is 2.50 bits per heavy atom. The smallest absolute Gasteiger partial charge is 0.187 e. The molecule has 0 saturated heterocycles. The summed E-state index contributed by atoms with van der Waals surface area (Å²) >= 11 is 7.29. The van der Waals surface area contributed by atoms with Crippen LogP contribution in [0.3, 0.4) is 0 Å². The number of methoxy groups -OCH3 is 2. The van der Waals surface area contributed by atoms with Gasteiger partial charge in [-0.15, -0.1) is 6.58 Å². The van der Waals surface area contributed by atoms with E-state index in [-0.39, 0.29) is 0 Å². The first kappa shape index (κ1) is 23.7. The zero-order chi connectivity index (χ0) is 21.8. The molecule has 7 nitrogen and oxygen atoms in total. The fraction of sp³-hybridized carbons (Fsp3) is 0.238. The minimum absolute atomic E-state index is 0.350. The second kappa shape index (κ2) is 12.9. The summed E-state index contributed by atoms with van der Waals surface area (Å²) in [6, 6.07) is 11.3. The summed E-state index contributed by atoms with van der Waals surface area (Å²) in [5.41, 5.74) is 3.59. The Hall–Kier alpha value is -2.53. The fourth-order valence-electron chi connectivity index (χ4n) is 2.36. The molecule has 0 bridgehead atoms. The molecule has 0 atom stereocenters. The van der Waals surface area contributed by atoms with Gasteiger partial charge in [0, 0.05) is 6.54 Å². The van der Waals surface area contributed by atoms with E-state index in [1.807, 2.05) is 36.4 Å². The molecule has 0 aliphatic rings. The first-order valence-corrected chi connectivity index (χ1v) is 10.5. The van der Waals surface area contributed by atoms with E-state index >= 15 is 0 Å². The minimum Gasteiger partial charge on any atom is -0.493 e. The quantitative estimate of drug-likeness (QED) is 0.112. The number of benzene rings is 2. The minimum atomic E-state index is 0.350. The Bertz CT molecular complexity index is 893. The maximum Gasteiger partial charge on any atom is 0.187 e. The lowest BCUT2D eigenvalue weighted by molar-refractivity contribution is 0.205. The number of halogens is 1. The molecule has 30 heavy (non-hydrogen) atoms. The molecule has 0 spiro atoms. The zero-order valence-corrected chi connectivity index (χ0v) is 19.8. The van der Waals surface area contributed by atoms with Crippen LogP contribution in [0.25, 0.3) is 0 Å². The molecule has 0 amide bonds. The molecule has 9 heteroatoms. The lowest BCUT2D eigenvalue weighted by Crippen LogP contribution is -2.31. The van der Waals surface area contributed by atoms with Gasteiger partial charge in [0.05, 0.1) is 24.0 Å². The highest BCUT2D eigenvalue weighted by Gasteiger charge is 2.11. The van der Waals surface area contributed by atoms with Crippen molar-refractivity contribution in [3.05, 3.63) is 58.2 Å². The lowest BCUT2D eigenvalue weighted by atomic mass is 10.2. The van der Waals surface area contributed by atoms with Crippen LogP contribution in [0.15, 0.2) is 54.2 Å². The van der Waals surface area contributed by atoms with Crippen LogP contribution in [0.4, 0.5) is 0 Å². The molecule has 0 aliphatic heterocycles. The number of nitrogens with one attached hydrogen (secondary N) is 2. The Balaban J connectivity index is 1.95. The molecule has 160 valence electrons. The van der Waals surface area contributed by atoms with Crippen molar-refractivity contribution >= 4 is 46.1 Å². The summed E-state index contributed by atoms with van der Waals surface area (Å²) in [6.45, 7) is 4.90. The van der Waals surface area contributed by atoms with Gasteiger partial charge in [-0.2, -0.15) is 5.10 Å². The molecule has 0 aliphatic carbocycles. The van der Waals surface area contributed by atoms with E-state index in [0.717, 1.165) is 9.13 Å². The van der Waals surface area contributed by atoms with Crippen molar-refractivity contribution < 1.29 is 18.9 Å². The van der Waals surface area contributed by atoms with Crippen LogP contribution in [-0.4, -0.2) is 45.3 Å². The van der Waals surface area contributed by atoms with Crippen LogP contribution < -0.4 is 29.7 Å². The van der Waals surface area contributed by atoms with E-state index in [1.165, 1.54) is 0 Å². The van der Waals surface area contributed by atoms with Gasteiger partial charge in [0.2, 0.25) is 0 Å². The monoisotopic (exact) mass is 541 g/mol. The molecule has 0 fully saturated rings. The van der Waals surface area contributed by atoms with Gasteiger partial charge < -0.3 is 24.3 Å². The molecule has 2 aromatic carbocycles. The predicted molar refractivity (Wildman–Crippen MR) is 131 cm³/mol. The van der Waals surface area contributed by atoms with Crippen LogP contribution in [0.2, 0.25) is 0 Å². The Morgan fingerprint density at radius 1 is 1.10 bits per heavy atom. The van der Waals surface area contributed by atoms with Crippen molar-refractivity contribution in [2.45, 2.75) is 0 Å². The van der Waals surface area contributed by atoms with Crippen molar-refractivity contribution in [3.63, 3.8) is 0 Å². The number of rotatable bonds is 11. The zero-order valence-electron chi connectivity index (χ0n) is 16.8. The summed E-state index contributed by atoms with van der Waals surface area (Å²) in [6.07, 6.45) is 3.37. The second-order valence-corrected chi connectivity index (χ2v) is 7.32. The Kier molecular flexibility index (Phi) is 10.2. The van der Waals surface area contributed by atoms with E-state index in [0.29, 0.717) is 47.9 Å². The maximum atomic E-state index is 5.90. The van der Waals surface area contributed by atoms with Gasteiger partial charge in [-0.3, -0.25) is 5.43 Å². The van der Waals surface area contributed by atoms with Crippen molar-refractivity contribution in [1.82, 2.24) is 10.7 Å². The van der Waals surface area contributed by atoms with Crippen LogP contribution in [0.1, 0.15) is 5.56 Å². The molecule has 0 saturated carbocycles. The van der Waals surface area contributed by atoms with E-state index in [9.17, 15) is 0 Å². The van der Waals surface area contributed by atoms with Crippen molar-refractivity contribution in [1.29, 1.82) is 0 Å². The van der Waals surface area contributed by atoms with Crippen molar-refractivity contribution in [2.75, 3.05) is 34.0 Å². The van der Waals surface area contributed by atoms with Gasteiger partial charge in [-0.25, -0.2) is 0 Å². The van der Waals surface area contributed by atoms with E-state index in [2.05, 4.69) is 45.0 Å². The highest BCUT2D eigenvalue weighted by molar-refractivity contribution is 14.1. The largest absolute Gasteiger partial charge is 0.493 e. The molecule has 2 aromatic rings. The second-order valence-electron chi connectivity index (χ2n) is 5.75. The number of thiocarbonyl (C=S) groups is 1. The van der Waals surface area contributed by atoms with Crippen LogP contribution >= 0.6 is 34.8 Å². The van der Waals surface area contributed by atoms with E-state index < -0.39 is 0 Å². The van der Waals surface area contributed by atoms with Gasteiger partial charge >= 0.3 is 0 Å². The summed E-state index contributed by atoms with van der Waals surface area (Å²) in [4.78, 5) is 0. The first-order valence-electron chi connectivity index (χ1n) is 9.03. The van der Waals surface area contributed by atoms with E-state index in [4.69, 9.17) is 31.2 Å². The molecular weight excluding hydrogens is 517 g/mol. The van der Waals surface area contributed by atoms with Gasteiger partial charge in [-0.1, -0.05) is 18.2 Å². The molecule has 0 aromatic heterocycles. The average Bonchev–Trinajstić information content (AvgIpc) is 2.76. The number of hydrogen-bond donors (Lipinski definition) is 2. The fourth-order valence-corrected chi connectivity index (χ4v) is 3.27. The number of hydrogen-bond acceptors (Lipinski definition) is 6. The summed E-state index contributed by atoms with van der Waals surface area (Å²) in [5, 5.41) is 7.47. The third-order valence-corrected chi connectivity index (χ3v) is 4.73. The third kappa shape index (κ3) is 7.38. The molecule has 0 unspecified atom stereocenters. The van der Waals surface area contributed by atoms with Crippen molar-refractivity contribution in [2.24, 2.45) is 5.10 Å². The molecular formula is C21H24IN3O4S. The predicted octanol–water partition coefficient (Wildman–Crippen LogP) is 3.75. The van der Waals surface area contributed by atoms with Crippen LogP contribution in [-0.2, 0) is 0 Å². The standard InChI is InChI=1S/C21H24IN3O4S/c1-4-9-23-21(30)25-24-14-15-12-16(22)20(19(13-15)27-3)29-11-10-28-18-8-6-5-7-17(18)26-2/h4-8,12-14H,1,9-11H2,2-3H3,(H2,23,25,30)/b24-14-. The Morgan fingerprint density at radius 2 is 1.80 bits per heavy atom. The van der Waals surface area contributed by atoms with Gasteiger partial charge in [0.15, 0.2) is 28.1 Å². The van der Waals surface area contributed by atoms with Gasteiger partial charge in [0.1, 0.15) is 13.2 Å². The first-order chi connectivity index (χ1) is 14.6. The lowest BCUT2D eigenvalue weighted by Gasteiger charge is -2.14. The van der Waals surface area contributed by atoms with Gasteiger partial charge in [0.25, 0.3) is 0 Å². The number of hydrazone groups is 1. The topological polar surface area (TPSA) is 73.3 Å². The van der Waals surface area contributed by atoms with Crippen LogP contribution in [0.5, 0.6) is 23.0 Å². The summed E-state index contributed by atoms with van der Waals surface area (Å²) in [7, 11) is 3.20. The van der Waals surface area contributed by atoms with Crippen molar-refractivity contribution in [3.8, 4) is 23.0 Å². The normalized spacial score (nSPS) is 10.4. The summed E-state index contributed by atoms with van der Waals surface area (Å²) in [5.74, 6) is 2.61. The average molecular weight is 541 g/mol. The molecule has 0 radical (unpaired) electrons. The van der Waals surface area contributed by atoms with E-state index in [1.54, 1.807) is 26.5 Å². The molecule has 0 heterocycles. The van der Waals surface area contributed by atoms with Gasteiger partial charge in [-0.05, 0) is 64.6 Å². The highest BCUT2D eigenvalue weighted by atomic mass is 127. The Labute approximate surface area is 195 Å². The molecule has 2 N–H and O–H groups in total. The maximum absolute atomic E-state index is 5.90. The SMILES string of the molecule is C=CCNC(=S)N/N=C\c1cc(I)c(OCCOc2ccccc2OC)c(OC)c1. The number of para-hydroxylation sites is 2. The number of nitrogens with zero attached hydrogens (tertiary/aromatic N) is 1. The molecule has 2 rings (SSSR count). The number of ether oxygens (including phenoxy) is 4. The van der Waals surface area contributed by atoms with Crippen LogP contribution in [0, 0.1) is 3.57 Å².